The minimum Gasteiger partial charge on any atom is -0.387 e. The van der Waals surface area contributed by atoms with Crippen LogP contribution in [0.1, 0.15) is 46.5 Å². The Bertz CT molecular complexity index is 589. The van der Waals surface area contributed by atoms with Gasteiger partial charge in [-0.15, -0.1) is 0 Å². The van der Waals surface area contributed by atoms with Crippen molar-refractivity contribution >= 4 is 13.7 Å². The Balaban J connectivity index is 4.90. The second-order valence-corrected chi connectivity index (χ2v) is 9.87. The third-order valence-electron chi connectivity index (χ3n) is 4.47. The number of carbonyl (C=O) groups excluding carboxylic acids is 1. The fourth-order valence-corrected chi connectivity index (χ4v) is 2.96. The highest BCUT2D eigenvalue weighted by atomic mass is 31.2. The molecular weight excluding hydrogens is 407 g/mol. The van der Waals surface area contributed by atoms with Crippen molar-refractivity contribution in [3.05, 3.63) is 24.3 Å². The predicted octanol–water partition coefficient (Wildman–Crippen LogP) is 3.02. The van der Waals surface area contributed by atoms with E-state index in [-0.39, 0.29) is 25.0 Å². The van der Waals surface area contributed by atoms with Gasteiger partial charge >= 0.3 is 7.82 Å². The van der Waals surface area contributed by atoms with Gasteiger partial charge in [0, 0.05) is 5.92 Å². The summed E-state index contributed by atoms with van der Waals surface area (Å²) in [5, 5.41) is 13.2. The molecule has 30 heavy (non-hydrogen) atoms. The van der Waals surface area contributed by atoms with Gasteiger partial charge in [0.05, 0.1) is 39.9 Å². The van der Waals surface area contributed by atoms with Crippen molar-refractivity contribution < 1.29 is 32.9 Å². The van der Waals surface area contributed by atoms with Crippen molar-refractivity contribution in [1.82, 2.24) is 5.32 Å². The van der Waals surface area contributed by atoms with E-state index in [1.165, 1.54) is 0 Å². The van der Waals surface area contributed by atoms with Crippen LogP contribution in [0.15, 0.2) is 24.3 Å². The summed E-state index contributed by atoms with van der Waals surface area (Å²) in [6.07, 6.45) is 9.69. The molecule has 176 valence electrons. The highest BCUT2D eigenvalue weighted by Crippen LogP contribution is 2.43. The van der Waals surface area contributed by atoms with Crippen molar-refractivity contribution in [1.29, 1.82) is 0 Å². The van der Waals surface area contributed by atoms with Gasteiger partial charge in [-0.25, -0.2) is 4.57 Å². The minimum absolute atomic E-state index is 0.0505. The van der Waals surface area contributed by atoms with Gasteiger partial charge in [0.15, 0.2) is 0 Å². The average Bonchev–Trinajstić information content (AvgIpc) is 2.65. The SMILES string of the molecule is CC/C=C/CC/C=C/[C@@H](O)[C@H](COP(=O)(O)OCC[N+](C)(C)C)NC(=O)C(C)CC. The van der Waals surface area contributed by atoms with Crippen LogP contribution in [0, 0.1) is 5.92 Å². The number of amides is 1. The lowest BCUT2D eigenvalue weighted by Crippen LogP contribution is -2.47. The van der Waals surface area contributed by atoms with Gasteiger partial charge in [-0.05, 0) is 25.7 Å². The molecule has 0 aliphatic carbocycles. The second-order valence-electron chi connectivity index (χ2n) is 8.41. The number of aliphatic hydroxyl groups is 1. The van der Waals surface area contributed by atoms with Gasteiger partial charge in [0.2, 0.25) is 5.91 Å². The van der Waals surface area contributed by atoms with Crippen molar-refractivity contribution in [2.75, 3.05) is 40.9 Å². The number of rotatable bonds is 16. The number of phosphoric acid groups is 1. The summed E-state index contributed by atoms with van der Waals surface area (Å²) in [6, 6.07) is -0.864. The topological polar surface area (TPSA) is 105 Å². The van der Waals surface area contributed by atoms with Crippen LogP contribution in [0.5, 0.6) is 0 Å². The summed E-state index contributed by atoms with van der Waals surface area (Å²) < 4.78 is 22.8. The van der Waals surface area contributed by atoms with Crippen LogP contribution >= 0.6 is 7.82 Å². The number of unbranched alkanes of at least 4 members (excludes halogenated alkanes) is 1. The van der Waals surface area contributed by atoms with Gasteiger partial charge in [-0.2, -0.15) is 0 Å². The summed E-state index contributed by atoms with van der Waals surface area (Å²) in [5.74, 6) is -0.493. The molecule has 0 radical (unpaired) electrons. The zero-order valence-corrected chi connectivity index (χ0v) is 20.3. The number of phosphoric ester groups is 1. The molecule has 8 nitrogen and oxygen atoms in total. The van der Waals surface area contributed by atoms with Crippen molar-refractivity contribution in [3.63, 3.8) is 0 Å². The number of hydrogen-bond donors (Lipinski definition) is 3. The Morgan fingerprint density at radius 1 is 1.13 bits per heavy atom. The number of aliphatic hydroxyl groups excluding tert-OH is 1. The van der Waals surface area contributed by atoms with Gasteiger partial charge in [0.25, 0.3) is 0 Å². The quantitative estimate of drug-likeness (QED) is 0.145. The highest BCUT2D eigenvalue weighted by molar-refractivity contribution is 7.47. The van der Waals surface area contributed by atoms with Crippen LogP contribution < -0.4 is 5.32 Å². The first-order chi connectivity index (χ1) is 13.9. The fraction of sp³-hybridized carbons (Fsp3) is 0.762. The lowest BCUT2D eigenvalue weighted by atomic mass is 10.1. The summed E-state index contributed by atoms with van der Waals surface area (Å²) in [5.41, 5.74) is 0. The van der Waals surface area contributed by atoms with Crippen molar-refractivity contribution in [2.24, 2.45) is 5.92 Å². The molecular formula is C21H42N2O6P+. The molecule has 4 atom stereocenters. The van der Waals surface area contributed by atoms with E-state index in [0.717, 1.165) is 19.3 Å². The number of hydrogen-bond acceptors (Lipinski definition) is 5. The molecule has 0 aromatic heterocycles. The molecule has 0 spiro atoms. The van der Waals surface area contributed by atoms with Crippen LogP contribution in [-0.4, -0.2) is 73.4 Å². The molecule has 0 saturated carbocycles. The van der Waals surface area contributed by atoms with Crippen molar-refractivity contribution in [2.45, 2.75) is 58.6 Å². The van der Waals surface area contributed by atoms with Crippen LogP contribution in [0.4, 0.5) is 0 Å². The van der Waals surface area contributed by atoms with E-state index in [1.807, 2.05) is 34.1 Å². The molecule has 0 aliphatic rings. The molecule has 9 heteroatoms. The Morgan fingerprint density at radius 2 is 1.77 bits per heavy atom. The van der Waals surface area contributed by atoms with Gasteiger partial charge in [-0.1, -0.05) is 45.1 Å². The Hall–Kier alpha value is -1.02. The maximum Gasteiger partial charge on any atom is 0.472 e. The maximum absolute atomic E-state index is 12.3. The summed E-state index contributed by atoms with van der Waals surface area (Å²) in [4.78, 5) is 22.2. The Kier molecular flexibility index (Phi) is 14.4. The van der Waals surface area contributed by atoms with E-state index in [1.54, 1.807) is 13.0 Å². The number of likely N-dealkylation sites (N-methyl/N-ethyl adjacent to an activating group) is 1. The lowest BCUT2D eigenvalue weighted by Gasteiger charge is -2.26. The summed E-state index contributed by atoms with van der Waals surface area (Å²) >= 11 is 0. The smallest absolute Gasteiger partial charge is 0.387 e. The number of quaternary nitrogens is 1. The molecule has 0 fully saturated rings. The second kappa shape index (κ2) is 14.9. The van der Waals surface area contributed by atoms with Gasteiger partial charge in [-0.3, -0.25) is 13.8 Å². The van der Waals surface area contributed by atoms with Crippen molar-refractivity contribution in [3.8, 4) is 0 Å². The van der Waals surface area contributed by atoms with E-state index in [9.17, 15) is 19.4 Å². The first-order valence-corrected chi connectivity index (χ1v) is 12.1. The maximum atomic E-state index is 12.3. The van der Waals surface area contributed by atoms with Crippen LogP contribution in [0.25, 0.3) is 0 Å². The van der Waals surface area contributed by atoms with E-state index < -0.39 is 20.0 Å². The monoisotopic (exact) mass is 449 g/mol. The standard InChI is InChI=1S/C21H41N2O6P/c1-7-9-10-11-12-13-14-20(24)19(22-21(25)18(3)8-2)17-29-30(26,27)28-16-15-23(4,5)6/h9-10,13-14,18-20,24H,7-8,11-12,15-17H2,1-6H3,(H-,22,25,26,27)/p+1/b10-9+,14-13+/t18?,19-,20+/m0/s1. The lowest BCUT2D eigenvalue weighted by molar-refractivity contribution is -0.870. The molecule has 0 aromatic carbocycles. The molecule has 0 aliphatic heterocycles. The highest BCUT2D eigenvalue weighted by Gasteiger charge is 2.28. The minimum atomic E-state index is -4.30. The molecule has 3 N–H and O–H groups in total. The number of nitrogens with zero attached hydrogens (tertiary/aromatic N) is 1. The average molecular weight is 450 g/mol. The molecule has 1 amide bonds. The third kappa shape index (κ3) is 14.9. The van der Waals surface area contributed by atoms with E-state index >= 15 is 0 Å². The molecule has 0 rings (SSSR count). The molecule has 0 heterocycles. The van der Waals surface area contributed by atoms with Gasteiger partial charge < -0.3 is 19.8 Å². The molecule has 0 bridgehead atoms. The zero-order chi connectivity index (χ0) is 23.2. The van der Waals surface area contributed by atoms with Crippen LogP contribution in [0.2, 0.25) is 0 Å². The molecule has 0 aromatic rings. The normalized spacial score (nSPS) is 17.7. The number of nitrogens with one attached hydrogen (secondary N) is 1. The fourth-order valence-electron chi connectivity index (χ4n) is 2.22. The first-order valence-electron chi connectivity index (χ1n) is 10.6. The first kappa shape index (κ1) is 29.0. The summed E-state index contributed by atoms with van der Waals surface area (Å²) in [7, 11) is 1.52. The summed E-state index contributed by atoms with van der Waals surface area (Å²) in [6.45, 7) is 5.96. The molecule has 2 unspecified atom stereocenters. The third-order valence-corrected chi connectivity index (χ3v) is 5.45. The van der Waals surface area contributed by atoms with Gasteiger partial charge in [0.1, 0.15) is 13.2 Å². The van der Waals surface area contributed by atoms with Crippen LogP contribution in [0.3, 0.4) is 0 Å². The van der Waals surface area contributed by atoms with E-state index in [4.69, 9.17) is 9.05 Å². The molecule has 0 saturated heterocycles. The van der Waals surface area contributed by atoms with E-state index in [0.29, 0.717) is 17.4 Å². The Labute approximate surface area is 182 Å². The number of carbonyl (C=O) groups is 1. The van der Waals surface area contributed by atoms with Crippen LogP contribution in [-0.2, 0) is 18.4 Å². The Morgan fingerprint density at radius 3 is 2.33 bits per heavy atom. The zero-order valence-electron chi connectivity index (χ0n) is 19.4. The predicted molar refractivity (Wildman–Crippen MR) is 120 cm³/mol. The van der Waals surface area contributed by atoms with E-state index in [2.05, 4.69) is 24.4 Å². The number of allylic oxidation sites excluding steroid dienone is 3. The largest absolute Gasteiger partial charge is 0.472 e.